The topological polar surface area (TPSA) is 84.5 Å². The molecule has 37 heavy (non-hydrogen) atoms. The van der Waals surface area contributed by atoms with E-state index in [0.29, 0.717) is 6.42 Å². The van der Waals surface area contributed by atoms with Gasteiger partial charge in [-0.3, -0.25) is 14.9 Å². The summed E-state index contributed by atoms with van der Waals surface area (Å²) in [5.41, 5.74) is -0.447. The molecule has 0 aliphatic rings. The van der Waals surface area contributed by atoms with Gasteiger partial charge in [0.15, 0.2) is 0 Å². The van der Waals surface area contributed by atoms with E-state index in [9.17, 15) is 14.4 Å². The largest absolute Gasteiger partial charge is 0.464 e. The van der Waals surface area contributed by atoms with Crippen molar-refractivity contribution in [2.75, 3.05) is 7.11 Å². The molecule has 2 amide bonds. The molecule has 0 aromatic carbocycles. The number of carbonyl (C=O) groups excluding carboxylic acids is 3. The molecule has 2 N–H and O–H groups in total. The molecule has 0 unspecified atom stereocenters. The number of hydrogen-bond donors (Lipinski definition) is 2. The quantitative estimate of drug-likeness (QED) is 0.132. The van der Waals surface area contributed by atoms with E-state index >= 15 is 0 Å². The second-order valence-electron chi connectivity index (χ2n) is 9.29. The van der Waals surface area contributed by atoms with Gasteiger partial charge in [-0.25, -0.2) is 4.79 Å². The van der Waals surface area contributed by atoms with Gasteiger partial charge in [-0.15, -0.1) is 0 Å². The van der Waals surface area contributed by atoms with E-state index < -0.39 is 23.3 Å². The third-order valence-electron chi connectivity index (χ3n) is 4.59. The second kappa shape index (κ2) is 21.8. The lowest BCUT2D eigenvalue weighted by Gasteiger charge is -2.22. The van der Waals surface area contributed by atoms with Crippen LogP contribution in [0.15, 0.2) is 84.7 Å². The highest BCUT2D eigenvalue weighted by Gasteiger charge is 2.19. The lowest BCUT2D eigenvalue weighted by molar-refractivity contribution is -0.137. The predicted molar refractivity (Wildman–Crippen MR) is 154 cm³/mol. The Kier molecular flexibility index (Phi) is 19.8. The maximum Gasteiger partial charge on any atom is 0.354 e. The van der Waals surface area contributed by atoms with Crippen molar-refractivity contribution in [2.45, 2.75) is 84.6 Å². The Morgan fingerprint density at radius 1 is 0.703 bits per heavy atom. The fraction of sp³-hybridized carbons (Fsp3) is 0.452. The Morgan fingerprint density at radius 3 is 1.54 bits per heavy atom. The summed E-state index contributed by atoms with van der Waals surface area (Å²) in [4.78, 5) is 35.9. The zero-order chi connectivity index (χ0) is 27.8. The van der Waals surface area contributed by atoms with Crippen molar-refractivity contribution in [2.24, 2.45) is 0 Å². The molecule has 6 heteroatoms. The molecule has 0 aromatic rings. The van der Waals surface area contributed by atoms with Crippen LogP contribution in [0.3, 0.4) is 0 Å². The van der Waals surface area contributed by atoms with Gasteiger partial charge in [-0.2, -0.15) is 0 Å². The first kappa shape index (κ1) is 33.6. The molecule has 0 radical (unpaired) electrons. The minimum absolute atomic E-state index is 0.00254. The van der Waals surface area contributed by atoms with Gasteiger partial charge in [-0.1, -0.05) is 79.8 Å². The molecule has 204 valence electrons. The van der Waals surface area contributed by atoms with Crippen LogP contribution in [0.5, 0.6) is 0 Å². The molecule has 0 bridgehead atoms. The normalized spacial score (nSPS) is 13.2. The van der Waals surface area contributed by atoms with E-state index in [1.165, 1.54) is 7.11 Å². The highest BCUT2D eigenvalue weighted by Crippen LogP contribution is 2.05. The molecule has 0 aliphatic carbocycles. The highest BCUT2D eigenvalue weighted by molar-refractivity contribution is 6.04. The first-order valence-corrected chi connectivity index (χ1v) is 13.0. The minimum Gasteiger partial charge on any atom is -0.464 e. The fourth-order valence-electron chi connectivity index (χ4n) is 2.88. The van der Waals surface area contributed by atoms with Crippen LogP contribution < -0.4 is 10.6 Å². The zero-order valence-corrected chi connectivity index (χ0v) is 23.3. The SMILES string of the molecule is CC/C=C\C/C=C\C/C=C\C/C=C\C/C=C\C/C=C\CCC(=O)NC(=O)/C=C(/NC(C)(C)C)C(=O)OC. The average Bonchev–Trinajstić information content (AvgIpc) is 2.83. The molecule has 0 saturated heterocycles. The van der Waals surface area contributed by atoms with Gasteiger partial charge in [0.25, 0.3) is 5.91 Å². The van der Waals surface area contributed by atoms with Crippen molar-refractivity contribution in [1.82, 2.24) is 10.6 Å². The summed E-state index contributed by atoms with van der Waals surface area (Å²) in [6.45, 7) is 7.68. The average molecular weight is 511 g/mol. The molecule has 0 aromatic heterocycles. The molecule has 0 atom stereocenters. The number of allylic oxidation sites excluding steroid dienone is 12. The number of nitrogens with one attached hydrogen (secondary N) is 2. The van der Waals surface area contributed by atoms with Gasteiger partial charge >= 0.3 is 5.97 Å². The van der Waals surface area contributed by atoms with Crippen molar-refractivity contribution in [1.29, 1.82) is 0 Å². The van der Waals surface area contributed by atoms with E-state index in [-0.39, 0.29) is 12.1 Å². The lowest BCUT2D eigenvalue weighted by atomic mass is 10.1. The predicted octanol–water partition coefficient (Wildman–Crippen LogP) is 6.55. The Hall–Kier alpha value is -3.41. The molecular weight excluding hydrogens is 464 g/mol. The summed E-state index contributed by atoms with van der Waals surface area (Å²) >= 11 is 0. The van der Waals surface area contributed by atoms with Gasteiger partial charge in [-0.05, 0) is 65.7 Å². The molecule has 0 aliphatic heterocycles. The molecule has 6 nitrogen and oxygen atoms in total. The minimum atomic E-state index is -0.671. The summed E-state index contributed by atoms with van der Waals surface area (Å²) in [6, 6.07) is 0. The number of rotatable bonds is 17. The van der Waals surface area contributed by atoms with Crippen LogP contribution in [0.4, 0.5) is 0 Å². The van der Waals surface area contributed by atoms with Gasteiger partial charge in [0.05, 0.1) is 7.11 Å². The van der Waals surface area contributed by atoms with Crippen LogP contribution in [-0.4, -0.2) is 30.4 Å². The van der Waals surface area contributed by atoms with E-state index in [1.807, 2.05) is 32.9 Å². The van der Waals surface area contributed by atoms with Crippen molar-refractivity contribution < 1.29 is 19.1 Å². The van der Waals surface area contributed by atoms with Gasteiger partial charge < -0.3 is 10.1 Å². The Balaban J connectivity index is 4.08. The van der Waals surface area contributed by atoms with Crippen molar-refractivity contribution >= 4 is 17.8 Å². The molecule has 0 saturated carbocycles. The molecule has 0 rings (SSSR count). The summed E-state index contributed by atoms with van der Waals surface area (Å²) in [6.07, 6.45) is 33.0. The number of carbonyl (C=O) groups is 3. The van der Waals surface area contributed by atoms with Crippen LogP contribution in [0.25, 0.3) is 0 Å². The van der Waals surface area contributed by atoms with E-state index in [4.69, 9.17) is 0 Å². The number of ether oxygens (including phenoxy) is 1. The monoisotopic (exact) mass is 510 g/mol. The Bertz CT molecular complexity index is 881. The van der Waals surface area contributed by atoms with Crippen LogP contribution in [0.2, 0.25) is 0 Å². The number of imide groups is 1. The number of esters is 1. The molecule has 0 spiro atoms. The van der Waals surface area contributed by atoms with Crippen LogP contribution in [-0.2, 0) is 19.1 Å². The second-order valence-corrected chi connectivity index (χ2v) is 9.29. The Morgan fingerprint density at radius 2 is 1.14 bits per heavy atom. The fourth-order valence-corrected chi connectivity index (χ4v) is 2.88. The first-order valence-electron chi connectivity index (χ1n) is 13.0. The van der Waals surface area contributed by atoms with Gasteiger partial charge in [0.1, 0.15) is 5.70 Å². The van der Waals surface area contributed by atoms with Crippen LogP contribution in [0.1, 0.15) is 79.1 Å². The van der Waals surface area contributed by atoms with Gasteiger partial charge in [0.2, 0.25) is 5.91 Å². The molecule has 0 fully saturated rings. The number of methoxy groups -OCH3 is 1. The summed E-state index contributed by atoms with van der Waals surface area (Å²) in [5.74, 6) is -1.74. The standard InChI is InChI=1S/C31H46N2O4/c1-6-7-8-9-10-11-12-13-14-15-16-17-18-19-20-21-22-23-24-25-28(34)32-29(35)26-27(30(36)37-5)33-31(2,3)4/h7-8,10-11,13-14,16-17,19-20,22-23,26,33H,6,9,12,15,18,21,24-25H2,1-5H3,(H,32,34,35)/b8-7-,11-10-,14-13-,17-16-,20-19-,23-22-,27-26+. The summed E-state index contributed by atoms with van der Waals surface area (Å²) < 4.78 is 4.68. The van der Waals surface area contributed by atoms with Crippen molar-refractivity contribution in [3.05, 3.63) is 84.7 Å². The first-order chi connectivity index (χ1) is 17.7. The van der Waals surface area contributed by atoms with E-state index in [1.54, 1.807) is 0 Å². The maximum atomic E-state index is 12.1. The van der Waals surface area contributed by atoms with Gasteiger partial charge in [0, 0.05) is 18.0 Å². The maximum absolute atomic E-state index is 12.1. The van der Waals surface area contributed by atoms with Crippen molar-refractivity contribution in [3.8, 4) is 0 Å². The zero-order valence-electron chi connectivity index (χ0n) is 23.3. The van der Waals surface area contributed by atoms with Crippen LogP contribution >= 0.6 is 0 Å². The van der Waals surface area contributed by atoms with Crippen LogP contribution in [0, 0.1) is 0 Å². The third-order valence-corrected chi connectivity index (χ3v) is 4.59. The smallest absolute Gasteiger partial charge is 0.354 e. The molecule has 0 heterocycles. The molecular formula is C31H46N2O4. The highest BCUT2D eigenvalue weighted by atomic mass is 16.5. The van der Waals surface area contributed by atoms with E-state index in [2.05, 4.69) is 83.1 Å². The summed E-state index contributed by atoms with van der Waals surface area (Å²) in [5, 5.41) is 5.17. The third kappa shape index (κ3) is 22.8. The number of hydrogen-bond acceptors (Lipinski definition) is 5. The number of amides is 2. The van der Waals surface area contributed by atoms with Crippen molar-refractivity contribution in [3.63, 3.8) is 0 Å². The van der Waals surface area contributed by atoms with E-state index in [0.717, 1.165) is 44.6 Å². The Labute approximate surface area is 224 Å². The summed E-state index contributed by atoms with van der Waals surface area (Å²) in [7, 11) is 1.23. The lowest BCUT2D eigenvalue weighted by Crippen LogP contribution is -2.39.